The Labute approximate surface area is 92.2 Å². The van der Waals surface area contributed by atoms with Crippen LogP contribution < -0.4 is 16.0 Å². The van der Waals surface area contributed by atoms with Crippen LogP contribution in [0.4, 0.5) is 0 Å². The van der Waals surface area contributed by atoms with Gasteiger partial charge in [0.15, 0.2) is 11.4 Å². The highest BCUT2D eigenvalue weighted by atomic mass is 16.5. The summed E-state index contributed by atoms with van der Waals surface area (Å²) in [4.78, 5) is 22.3. The number of rotatable bonds is 5. The topological polar surface area (TPSA) is 94.6 Å². The minimum Gasteiger partial charge on any atom is -0.487 e. The molecule has 0 bridgehead atoms. The number of hydrogen-bond donors (Lipinski definition) is 2. The van der Waals surface area contributed by atoms with E-state index in [0.29, 0.717) is 6.61 Å². The molecule has 0 amide bonds. The molecule has 0 saturated heterocycles. The molecular weight excluding hydrogens is 212 g/mol. The molecule has 6 nitrogen and oxygen atoms in total. The molecule has 0 unspecified atom stereocenters. The highest BCUT2D eigenvalue weighted by molar-refractivity contribution is 5.88. The minimum absolute atomic E-state index is 0.203. The van der Waals surface area contributed by atoms with E-state index in [4.69, 9.17) is 15.7 Å². The number of carboxylic acids is 1. The SMILES string of the molecule is CCCCOc1c(C(=O)O)n(N)ccc1=O. The quantitative estimate of drug-likeness (QED) is 0.561. The van der Waals surface area contributed by atoms with Crippen LogP contribution in [0.2, 0.25) is 0 Å². The van der Waals surface area contributed by atoms with E-state index < -0.39 is 11.4 Å². The van der Waals surface area contributed by atoms with Crippen LogP contribution in [0.3, 0.4) is 0 Å². The van der Waals surface area contributed by atoms with Gasteiger partial charge < -0.3 is 15.7 Å². The van der Waals surface area contributed by atoms with Crippen LogP contribution in [0.15, 0.2) is 17.1 Å². The molecule has 0 aliphatic rings. The zero-order chi connectivity index (χ0) is 12.1. The van der Waals surface area contributed by atoms with E-state index in [0.717, 1.165) is 17.5 Å². The maximum Gasteiger partial charge on any atom is 0.358 e. The number of nitrogens with two attached hydrogens (primary N) is 1. The van der Waals surface area contributed by atoms with Gasteiger partial charge in [-0.15, -0.1) is 0 Å². The number of nitrogens with zero attached hydrogens (tertiary/aromatic N) is 1. The van der Waals surface area contributed by atoms with E-state index in [1.807, 2.05) is 6.92 Å². The molecule has 1 aromatic heterocycles. The largest absolute Gasteiger partial charge is 0.487 e. The lowest BCUT2D eigenvalue weighted by Crippen LogP contribution is -2.24. The van der Waals surface area contributed by atoms with Crippen molar-refractivity contribution in [1.29, 1.82) is 0 Å². The van der Waals surface area contributed by atoms with E-state index >= 15 is 0 Å². The van der Waals surface area contributed by atoms with E-state index in [1.54, 1.807) is 0 Å². The van der Waals surface area contributed by atoms with E-state index in [9.17, 15) is 9.59 Å². The Kier molecular flexibility index (Phi) is 3.93. The van der Waals surface area contributed by atoms with Crippen molar-refractivity contribution in [3.63, 3.8) is 0 Å². The van der Waals surface area contributed by atoms with Gasteiger partial charge in [-0.25, -0.2) is 4.79 Å². The number of carbonyl (C=O) groups is 1. The predicted molar refractivity (Wildman–Crippen MR) is 58.2 cm³/mol. The Morgan fingerprint density at radius 3 is 2.88 bits per heavy atom. The number of aromatic nitrogens is 1. The zero-order valence-corrected chi connectivity index (χ0v) is 8.97. The Morgan fingerprint density at radius 1 is 1.62 bits per heavy atom. The van der Waals surface area contributed by atoms with Crippen LogP contribution in [0.5, 0.6) is 5.75 Å². The minimum atomic E-state index is -1.29. The highest BCUT2D eigenvalue weighted by Crippen LogP contribution is 2.11. The summed E-state index contributed by atoms with van der Waals surface area (Å²) in [5.41, 5.74) is -0.807. The summed E-state index contributed by atoms with van der Waals surface area (Å²) in [6.45, 7) is 2.27. The highest BCUT2D eigenvalue weighted by Gasteiger charge is 2.18. The van der Waals surface area contributed by atoms with E-state index in [1.165, 1.54) is 12.3 Å². The van der Waals surface area contributed by atoms with Crippen LogP contribution in [0.25, 0.3) is 0 Å². The van der Waals surface area contributed by atoms with Crippen molar-refractivity contribution in [2.75, 3.05) is 12.4 Å². The van der Waals surface area contributed by atoms with Crippen molar-refractivity contribution in [2.24, 2.45) is 0 Å². The molecule has 1 aromatic rings. The number of ether oxygens (including phenoxy) is 1. The summed E-state index contributed by atoms with van der Waals surface area (Å²) in [5, 5.41) is 8.91. The second kappa shape index (κ2) is 5.20. The van der Waals surface area contributed by atoms with E-state index in [-0.39, 0.29) is 11.4 Å². The Morgan fingerprint density at radius 2 is 2.31 bits per heavy atom. The van der Waals surface area contributed by atoms with Crippen molar-refractivity contribution in [1.82, 2.24) is 4.68 Å². The normalized spacial score (nSPS) is 10.1. The van der Waals surface area contributed by atoms with Gasteiger partial charge in [0, 0.05) is 12.3 Å². The number of hydrogen-bond acceptors (Lipinski definition) is 4. The van der Waals surface area contributed by atoms with Gasteiger partial charge >= 0.3 is 5.97 Å². The summed E-state index contributed by atoms with van der Waals surface area (Å²) < 4.78 is 6.02. The molecular formula is C10H14N2O4. The zero-order valence-electron chi connectivity index (χ0n) is 8.97. The van der Waals surface area contributed by atoms with Crippen LogP contribution in [-0.2, 0) is 0 Å². The fourth-order valence-electron chi connectivity index (χ4n) is 1.20. The van der Waals surface area contributed by atoms with Crippen molar-refractivity contribution in [2.45, 2.75) is 19.8 Å². The molecule has 0 fully saturated rings. The molecule has 0 aromatic carbocycles. The van der Waals surface area contributed by atoms with Gasteiger partial charge in [-0.2, -0.15) is 0 Å². The molecule has 6 heteroatoms. The van der Waals surface area contributed by atoms with Gasteiger partial charge in [-0.05, 0) is 6.42 Å². The standard InChI is InChI=1S/C10H14N2O4/c1-2-3-6-16-9-7(13)4-5-12(11)8(9)10(14)15/h4-5H,2-3,6,11H2,1H3,(H,14,15). The Bertz CT molecular complexity index is 439. The number of unbranched alkanes of at least 4 members (excludes halogenated alkanes) is 1. The number of pyridine rings is 1. The van der Waals surface area contributed by atoms with Gasteiger partial charge in [-0.1, -0.05) is 13.3 Å². The Balaban J connectivity index is 3.09. The number of aromatic carboxylic acids is 1. The summed E-state index contributed by atoms with van der Waals surface area (Å²) in [7, 11) is 0. The molecule has 0 saturated carbocycles. The monoisotopic (exact) mass is 226 g/mol. The predicted octanol–water partition coefficient (Wildman–Crippen LogP) is 0.439. The third-order valence-electron chi connectivity index (χ3n) is 2.03. The van der Waals surface area contributed by atoms with Crippen molar-refractivity contribution >= 4 is 5.97 Å². The maximum atomic E-state index is 11.4. The van der Waals surface area contributed by atoms with Gasteiger partial charge in [0.05, 0.1) is 6.61 Å². The first-order valence-corrected chi connectivity index (χ1v) is 4.94. The second-order valence-corrected chi connectivity index (χ2v) is 3.27. The lowest BCUT2D eigenvalue weighted by molar-refractivity contribution is 0.0680. The van der Waals surface area contributed by atoms with Gasteiger partial charge in [0.2, 0.25) is 5.43 Å². The lowest BCUT2D eigenvalue weighted by atomic mass is 10.3. The van der Waals surface area contributed by atoms with Gasteiger partial charge in [-0.3, -0.25) is 9.47 Å². The average Bonchev–Trinajstić information content (AvgIpc) is 2.23. The second-order valence-electron chi connectivity index (χ2n) is 3.27. The molecule has 0 aliphatic heterocycles. The fraction of sp³-hybridized carbons (Fsp3) is 0.400. The van der Waals surface area contributed by atoms with E-state index in [2.05, 4.69) is 0 Å². The molecule has 1 rings (SSSR count). The summed E-state index contributed by atoms with van der Waals surface area (Å²) >= 11 is 0. The molecule has 3 N–H and O–H groups in total. The van der Waals surface area contributed by atoms with Crippen molar-refractivity contribution < 1.29 is 14.6 Å². The average molecular weight is 226 g/mol. The third-order valence-corrected chi connectivity index (χ3v) is 2.03. The molecule has 0 atom stereocenters. The van der Waals surface area contributed by atoms with Crippen LogP contribution >= 0.6 is 0 Å². The molecule has 88 valence electrons. The fourth-order valence-corrected chi connectivity index (χ4v) is 1.20. The molecule has 0 radical (unpaired) electrons. The first-order chi connectivity index (χ1) is 7.57. The van der Waals surface area contributed by atoms with Crippen molar-refractivity contribution in [3.8, 4) is 5.75 Å². The molecule has 0 aliphatic carbocycles. The third kappa shape index (κ3) is 2.53. The summed E-state index contributed by atoms with van der Waals surface area (Å²) in [6.07, 6.45) is 2.84. The molecule has 16 heavy (non-hydrogen) atoms. The number of carboxylic acid groups (broad SMARTS) is 1. The first kappa shape index (κ1) is 12.1. The van der Waals surface area contributed by atoms with Crippen LogP contribution in [0, 0.1) is 0 Å². The smallest absolute Gasteiger partial charge is 0.358 e. The first-order valence-electron chi connectivity index (χ1n) is 4.94. The van der Waals surface area contributed by atoms with Gasteiger partial charge in [0.1, 0.15) is 0 Å². The van der Waals surface area contributed by atoms with Crippen LogP contribution in [-0.4, -0.2) is 22.4 Å². The number of nitrogen functional groups attached to an aromatic ring is 1. The summed E-state index contributed by atoms with van der Waals surface area (Å²) in [6, 6.07) is 1.17. The Hall–Kier alpha value is -1.98. The summed E-state index contributed by atoms with van der Waals surface area (Å²) in [5.74, 6) is 3.92. The van der Waals surface area contributed by atoms with Crippen molar-refractivity contribution in [3.05, 3.63) is 28.2 Å². The molecule has 1 heterocycles. The van der Waals surface area contributed by atoms with Gasteiger partial charge in [0.25, 0.3) is 0 Å². The molecule has 0 spiro atoms. The lowest BCUT2D eigenvalue weighted by Gasteiger charge is -2.10. The maximum absolute atomic E-state index is 11.4. The van der Waals surface area contributed by atoms with Crippen LogP contribution in [0.1, 0.15) is 30.3 Å².